The Labute approximate surface area is 258 Å². The highest BCUT2D eigenvalue weighted by molar-refractivity contribution is 8.14. The van der Waals surface area contributed by atoms with Crippen molar-refractivity contribution < 1.29 is 22.7 Å². The summed E-state index contributed by atoms with van der Waals surface area (Å²) >= 11 is 1.60. The molecule has 5 rings (SSSR count). The molecule has 0 bridgehead atoms. The number of amidine groups is 1. The van der Waals surface area contributed by atoms with Gasteiger partial charge in [-0.2, -0.15) is 4.99 Å². The van der Waals surface area contributed by atoms with E-state index in [9.17, 15) is 18.0 Å². The van der Waals surface area contributed by atoms with E-state index in [-0.39, 0.29) is 23.7 Å². The number of ether oxygens (including phenoxy) is 1. The normalized spacial score (nSPS) is 16.0. The van der Waals surface area contributed by atoms with Crippen LogP contribution in [0.4, 0.5) is 23.7 Å². The fourth-order valence-corrected chi connectivity index (χ4v) is 5.88. The van der Waals surface area contributed by atoms with Gasteiger partial charge in [0.2, 0.25) is 0 Å². The van der Waals surface area contributed by atoms with Crippen molar-refractivity contribution in [1.82, 2.24) is 20.1 Å². The predicted molar refractivity (Wildman–Crippen MR) is 168 cm³/mol. The molecule has 2 atom stereocenters. The third kappa shape index (κ3) is 7.60. The van der Waals surface area contributed by atoms with Gasteiger partial charge in [-0.15, -0.1) is 18.3 Å². The SMILES string of the molecule is CCc1ccccc1N1CCCS/C1=N\C(=O)NC(C)C(C)c1ccc(-c2ncn(-c3ccc(OC(F)(F)F)cc3)n2)cc1. The molecular formula is C32H33F3N6O2S. The quantitative estimate of drug-likeness (QED) is 0.218. The number of carbonyl (C=O) groups is 1. The standard InChI is InChI=1S/C32H33F3N6O2S/c1-4-23-8-5-6-9-28(23)40-18-7-19-44-31(40)38-30(42)37-22(3)21(2)24-10-12-25(13-11-24)29-36-20-41(39-29)26-14-16-27(17-15-26)43-32(33,34)35/h5-6,8-17,20-22H,4,7,18-19H2,1-3H3,(H,37,42)/b38-31-. The minimum Gasteiger partial charge on any atom is -0.406 e. The molecule has 44 heavy (non-hydrogen) atoms. The number of thioether (sulfide) groups is 1. The summed E-state index contributed by atoms with van der Waals surface area (Å²) in [6, 6.07) is 20.8. The monoisotopic (exact) mass is 622 g/mol. The number of hydrogen-bond acceptors (Lipinski definition) is 5. The van der Waals surface area contributed by atoms with Crippen LogP contribution in [0.25, 0.3) is 17.1 Å². The summed E-state index contributed by atoms with van der Waals surface area (Å²) in [5.74, 6) is 1.09. The number of benzene rings is 3. The Kier molecular flexibility index (Phi) is 9.58. The second-order valence-electron chi connectivity index (χ2n) is 10.4. The lowest BCUT2D eigenvalue weighted by Crippen LogP contribution is -2.38. The Bertz CT molecular complexity index is 1610. The number of anilines is 1. The average molecular weight is 623 g/mol. The minimum atomic E-state index is -4.75. The van der Waals surface area contributed by atoms with Gasteiger partial charge < -0.3 is 15.0 Å². The maximum absolute atomic E-state index is 13.0. The number of para-hydroxylation sites is 1. The van der Waals surface area contributed by atoms with Gasteiger partial charge >= 0.3 is 12.4 Å². The lowest BCUT2D eigenvalue weighted by atomic mass is 9.93. The third-order valence-electron chi connectivity index (χ3n) is 7.47. The summed E-state index contributed by atoms with van der Waals surface area (Å²) in [5, 5.41) is 8.23. The topological polar surface area (TPSA) is 84.6 Å². The molecule has 2 heterocycles. The summed E-state index contributed by atoms with van der Waals surface area (Å²) < 4.78 is 42.7. The van der Waals surface area contributed by atoms with Gasteiger partial charge in [0.15, 0.2) is 11.0 Å². The van der Waals surface area contributed by atoms with Crippen molar-refractivity contribution in [2.24, 2.45) is 4.99 Å². The molecule has 1 aromatic heterocycles. The lowest BCUT2D eigenvalue weighted by molar-refractivity contribution is -0.274. The van der Waals surface area contributed by atoms with E-state index in [1.807, 2.05) is 50.2 Å². The molecule has 1 fully saturated rings. The molecule has 0 radical (unpaired) electrons. The summed E-state index contributed by atoms with van der Waals surface area (Å²) in [4.78, 5) is 24.0. The second kappa shape index (κ2) is 13.5. The summed E-state index contributed by atoms with van der Waals surface area (Å²) in [5.41, 5.74) is 4.68. The Morgan fingerprint density at radius 2 is 1.80 bits per heavy atom. The lowest BCUT2D eigenvalue weighted by Gasteiger charge is -2.31. The highest BCUT2D eigenvalue weighted by atomic mass is 32.2. The maximum Gasteiger partial charge on any atom is 0.573 e. The largest absolute Gasteiger partial charge is 0.573 e. The minimum absolute atomic E-state index is 0.00655. The van der Waals surface area contributed by atoms with Gasteiger partial charge in [-0.3, -0.25) is 0 Å². The zero-order valence-electron chi connectivity index (χ0n) is 24.6. The Morgan fingerprint density at radius 1 is 1.07 bits per heavy atom. The van der Waals surface area contributed by atoms with Gasteiger partial charge in [0.25, 0.3) is 0 Å². The number of halogens is 3. The van der Waals surface area contributed by atoms with Crippen molar-refractivity contribution in [1.29, 1.82) is 0 Å². The van der Waals surface area contributed by atoms with Gasteiger partial charge in [-0.1, -0.05) is 68.1 Å². The molecule has 1 aliphatic heterocycles. The van der Waals surface area contributed by atoms with Crippen LogP contribution in [0.2, 0.25) is 0 Å². The van der Waals surface area contributed by atoms with Crippen molar-refractivity contribution in [2.45, 2.75) is 51.9 Å². The van der Waals surface area contributed by atoms with Gasteiger partial charge in [0.1, 0.15) is 12.1 Å². The van der Waals surface area contributed by atoms with Gasteiger partial charge in [0.05, 0.1) is 5.69 Å². The van der Waals surface area contributed by atoms with Crippen LogP contribution < -0.4 is 15.0 Å². The van der Waals surface area contributed by atoms with Crippen molar-refractivity contribution in [3.8, 4) is 22.8 Å². The van der Waals surface area contributed by atoms with Crippen LogP contribution in [0.1, 0.15) is 44.2 Å². The molecule has 0 aliphatic carbocycles. The average Bonchev–Trinajstić information content (AvgIpc) is 3.51. The second-order valence-corrected chi connectivity index (χ2v) is 11.5. The number of aromatic nitrogens is 3. The number of nitrogens with zero attached hydrogens (tertiary/aromatic N) is 5. The third-order valence-corrected chi connectivity index (χ3v) is 8.53. The molecule has 1 N–H and O–H groups in total. The number of aliphatic imine (C=N–C) groups is 1. The highest BCUT2D eigenvalue weighted by Gasteiger charge is 2.31. The first-order chi connectivity index (χ1) is 21.1. The number of urea groups is 1. The van der Waals surface area contributed by atoms with E-state index < -0.39 is 6.36 Å². The van der Waals surface area contributed by atoms with E-state index in [0.29, 0.717) is 11.5 Å². The van der Waals surface area contributed by atoms with E-state index in [4.69, 9.17) is 0 Å². The first kappa shape index (κ1) is 31.1. The molecule has 1 saturated heterocycles. The van der Waals surface area contributed by atoms with Crippen LogP contribution in [0.3, 0.4) is 0 Å². The smallest absolute Gasteiger partial charge is 0.406 e. The zero-order valence-corrected chi connectivity index (χ0v) is 25.4. The predicted octanol–water partition coefficient (Wildman–Crippen LogP) is 7.60. The fourth-order valence-electron chi connectivity index (χ4n) is 4.93. The number of alkyl halides is 3. The van der Waals surface area contributed by atoms with Crippen LogP contribution in [-0.4, -0.2) is 50.7 Å². The molecule has 0 spiro atoms. The Balaban J connectivity index is 1.22. The number of carbonyl (C=O) groups excluding carboxylic acids is 1. The highest BCUT2D eigenvalue weighted by Crippen LogP contribution is 2.29. The van der Waals surface area contributed by atoms with E-state index in [1.165, 1.54) is 40.8 Å². The van der Waals surface area contributed by atoms with Crippen LogP contribution >= 0.6 is 11.8 Å². The first-order valence-corrected chi connectivity index (χ1v) is 15.4. The summed E-state index contributed by atoms with van der Waals surface area (Å²) in [7, 11) is 0. The Morgan fingerprint density at radius 3 is 2.50 bits per heavy atom. The van der Waals surface area contributed by atoms with Gasteiger partial charge in [-0.25, -0.2) is 14.5 Å². The molecule has 1 aliphatic rings. The van der Waals surface area contributed by atoms with Crippen molar-refractivity contribution in [2.75, 3.05) is 17.2 Å². The zero-order chi connectivity index (χ0) is 31.3. The van der Waals surface area contributed by atoms with E-state index >= 15 is 0 Å². The summed E-state index contributed by atoms with van der Waals surface area (Å²) in [6.45, 7) is 6.96. The van der Waals surface area contributed by atoms with E-state index in [0.717, 1.165) is 47.1 Å². The molecule has 12 heteroatoms. The van der Waals surface area contributed by atoms with Crippen molar-refractivity contribution in [3.63, 3.8) is 0 Å². The molecule has 3 aromatic carbocycles. The number of rotatable bonds is 8. The fraction of sp³-hybridized carbons (Fsp3) is 0.312. The number of hydrogen-bond donors (Lipinski definition) is 1. The summed E-state index contributed by atoms with van der Waals surface area (Å²) in [6.07, 6.45) is -1.32. The molecule has 230 valence electrons. The molecule has 2 unspecified atom stereocenters. The number of aryl methyl sites for hydroxylation is 1. The van der Waals surface area contributed by atoms with Crippen LogP contribution in [0, 0.1) is 0 Å². The molecule has 4 aromatic rings. The van der Waals surface area contributed by atoms with Gasteiger partial charge in [-0.05, 0) is 61.2 Å². The number of nitrogens with one attached hydrogen (secondary N) is 1. The van der Waals surface area contributed by atoms with Crippen molar-refractivity contribution >= 4 is 28.6 Å². The van der Waals surface area contributed by atoms with Gasteiger partial charge in [0, 0.05) is 35.5 Å². The Hall–Kier alpha value is -4.32. The van der Waals surface area contributed by atoms with Crippen LogP contribution in [0.15, 0.2) is 84.1 Å². The molecular weight excluding hydrogens is 589 g/mol. The first-order valence-electron chi connectivity index (χ1n) is 14.4. The number of amides is 2. The van der Waals surface area contributed by atoms with Crippen LogP contribution in [0.5, 0.6) is 5.75 Å². The van der Waals surface area contributed by atoms with E-state index in [1.54, 1.807) is 11.8 Å². The molecule has 8 nitrogen and oxygen atoms in total. The molecule has 0 saturated carbocycles. The van der Waals surface area contributed by atoms with Crippen LogP contribution in [-0.2, 0) is 6.42 Å². The maximum atomic E-state index is 13.0. The van der Waals surface area contributed by atoms with Crippen molar-refractivity contribution in [3.05, 3.63) is 90.3 Å². The molecule has 2 amide bonds. The van der Waals surface area contributed by atoms with E-state index in [2.05, 4.69) is 49.1 Å².